The molecule has 10 heteroatoms. The van der Waals surface area contributed by atoms with Gasteiger partial charge in [-0.05, 0) is 12.2 Å². The molecule has 19 heavy (non-hydrogen) atoms. The summed E-state index contributed by atoms with van der Waals surface area (Å²) in [7, 11) is 0. The average molecular weight is 297 g/mol. The number of halogens is 5. The molecule has 0 bridgehead atoms. The topological polar surface area (TPSA) is 53.8 Å². The highest BCUT2D eigenvalue weighted by Crippen LogP contribution is 2.26. The molecule has 0 aliphatic carbocycles. The molecule has 2 aromatic rings. The number of H-pyrrole nitrogens is 1. The summed E-state index contributed by atoms with van der Waals surface area (Å²) in [6, 6.07) is 0. The van der Waals surface area contributed by atoms with Crippen molar-refractivity contribution in [3.63, 3.8) is 0 Å². The fraction of sp³-hybridized carbons (Fsp3) is 0.111. The van der Waals surface area contributed by atoms with E-state index >= 15 is 0 Å². The first-order chi connectivity index (χ1) is 8.90. The first-order valence-electron chi connectivity index (χ1n) is 4.69. The second-order valence-electron chi connectivity index (χ2n) is 3.36. The Morgan fingerprint density at radius 1 is 1.00 bits per heavy atom. The molecule has 0 aliphatic rings. The summed E-state index contributed by atoms with van der Waals surface area (Å²) in [6.45, 7) is -0.813. The molecule has 1 heterocycles. The molecule has 0 saturated heterocycles. The Bertz CT molecular complexity index is 682. The number of nitrogens with zero attached hydrogens (tertiary/aromatic N) is 2. The number of aromatic amines is 1. The maximum atomic E-state index is 13.6. The summed E-state index contributed by atoms with van der Waals surface area (Å²) >= 11 is 4.62. The summed E-state index contributed by atoms with van der Waals surface area (Å²) < 4.78 is 66.1. The highest BCUT2D eigenvalue weighted by atomic mass is 32.1. The zero-order valence-electron chi connectivity index (χ0n) is 8.85. The molecule has 4 nitrogen and oxygen atoms in total. The number of nitrogens with one attached hydrogen (secondary N) is 1. The molecule has 0 amide bonds. The lowest BCUT2D eigenvalue weighted by atomic mass is 10.2. The van der Waals surface area contributed by atoms with Crippen molar-refractivity contribution >= 4 is 12.2 Å². The first-order valence-corrected chi connectivity index (χ1v) is 5.10. The fourth-order valence-electron chi connectivity index (χ4n) is 1.46. The number of rotatable bonds is 2. The van der Waals surface area contributed by atoms with Crippen LogP contribution in [0.3, 0.4) is 0 Å². The van der Waals surface area contributed by atoms with Gasteiger partial charge in [-0.25, -0.2) is 22.0 Å². The van der Waals surface area contributed by atoms with E-state index in [9.17, 15) is 22.0 Å². The SMILES string of the molecule is OCc1n[nH]c(=S)n1-c1c(F)c(F)c(F)c(F)c1F. The molecule has 1 aromatic heterocycles. The molecule has 0 saturated carbocycles. The van der Waals surface area contributed by atoms with Crippen molar-refractivity contribution in [2.24, 2.45) is 0 Å². The minimum atomic E-state index is -2.28. The molecule has 2 rings (SSSR count). The monoisotopic (exact) mass is 297 g/mol. The Hall–Kier alpha value is -1.81. The number of aliphatic hydroxyl groups excluding tert-OH is 1. The number of aliphatic hydroxyl groups is 1. The zero-order chi connectivity index (χ0) is 14.3. The Kier molecular flexibility index (Phi) is 3.37. The fourth-order valence-corrected chi connectivity index (χ4v) is 1.70. The van der Waals surface area contributed by atoms with Gasteiger partial charge in [-0.2, -0.15) is 5.10 Å². The molecule has 1 aromatic carbocycles. The van der Waals surface area contributed by atoms with E-state index in [0.29, 0.717) is 4.57 Å². The predicted molar refractivity (Wildman–Crippen MR) is 54.5 cm³/mol. The molecule has 2 N–H and O–H groups in total. The largest absolute Gasteiger partial charge is 0.388 e. The van der Waals surface area contributed by atoms with Crippen LogP contribution in [-0.4, -0.2) is 19.9 Å². The standard InChI is InChI=1S/C9H4F5N3OS/c10-3-4(11)6(13)8(7(14)5(3)12)17-2(1-18)15-16-9(17)19/h18H,1H2,(H,16,19). The van der Waals surface area contributed by atoms with Gasteiger partial charge >= 0.3 is 0 Å². The van der Waals surface area contributed by atoms with Crippen LogP contribution < -0.4 is 0 Å². The minimum Gasteiger partial charge on any atom is -0.388 e. The third-order valence-electron chi connectivity index (χ3n) is 2.29. The van der Waals surface area contributed by atoms with Crippen molar-refractivity contribution in [2.45, 2.75) is 6.61 Å². The smallest absolute Gasteiger partial charge is 0.200 e. The lowest BCUT2D eigenvalue weighted by Crippen LogP contribution is -2.12. The first kappa shape index (κ1) is 13.6. The molecular formula is C9H4F5N3OS. The number of hydrogen-bond donors (Lipinski definition) is 2. The van der Waals surface area contributed by atoms with Crippen LogP contribution in [0, 0.1) is 33.9 Å². The molecule has 0 atom stereocenters. The summed E-state index contributed by atoms with van der Waals surface area (Å²) in [5, 5.41) is 14.4. The van der Waals surface area contributed by atoms with Gasteiger partial charge in [-0.15, -0.1) is 0 Å². The van der Waals surface area contributed by atoms with Gasteiger partial charge in [0.2, 0.25) is 5.82 Å². The van der Waals surface area contributed by atoms with Gasteiger partial charge in [0.05, 0.1) is 0 Å². The van der Waals surface area contributed by atoms with Crippen LogP contribution in [-0.2, 0) is 6.61 Å². The van der Waals surface area contributed by atoms with Gasteiger partial charge in [-0.3, -0.25) is 9.67 Å². The number of benzene rings is 1. The summed E-state index contributed by atoms with van der Waals surface area (Å²) in [5.74, 6) is -11.0. The van der Waals surface area contributed by atoms with Gasteiger partial charge in [0.25, 0.3) is 0 Å². The van der Waals surface area contributed by atoms with Crippen LogP contribution in [0.15, 0.2) is 0 Å². The molecular weight excluding hydrogens is 293 g/mol. The third-order valence-corrected chi connectivity index (χ3v) is 2.57. The highest BCUT2D eigenvalue weighted by molar-refractivity contribution is 7.71. The van der Waals surface area contributed by atoms with E-state index in [1.54, 1.807) is 0 Å². The Morgan fingerprint density at radius 3 is 1.95 bits per heavy atom. The van der Waals surface area contributed by atoms with Crippen molar-refractivity contribution in [2.75, 3.05) is 0 Å². The van der Waals surface area contributed by atoms with Gasteiger partial charge in [0.1, 0.15) is 12.3 Å². The van der Waals surface area contributed by atoms with E-state index in [1.165, 1.54) is 0 Å². The molecule has 0 unspecified atom stereocenters. The van der Waals surface area contributed by atoms with E-state index < -0.39 is 52.0 Å². The van der Waals surface area contributed by atoms with Crippen molar-refractivity contribution in [1.82, 2.24) is 14.8 Å². The third kappa shape index (κ3) is 1.92. The lowest BCUT2D eigenvalue weighted by molar-refractivity contribution is 0.267. The average Bonchev–Trinajstić information content (AvgIpc) is 2.76. The molecule has 0 aliphatic heterocycles. The summed E-state index contributed by atoms with van der Waals surface area (Å²) in [5.41, 5.74) is -1.29. The Balaban J connectivity index is 2.91. The normalized spacial score (nSPS) is 11.1. The van der Waals surface area contributed by atoms with Crippen LogP contribution in [0.1, 0.15) is 5.82 Å². The molecule has 0 spiro atoms. The maximum Gasteiger partial charge on any atom is 0.200 e. The Labute approximate surface area is 107 Å². The van der Waals surface area contributed by atoms with E-state index in [4.69, 9.17) is 5.11 Å². The van der Waals surface area contributed by atoms with E-state index in [0.717, 1.165) is 0 Å². The van der Waals surface area contributed by atoms with E-state index in [-0.39, 0.29) is 0 Å². The molecule has 102 valence electrons. The van der Waals surface area contributed by atoms with Crippen molar-refractivity contribution in [1.29, 1.82) is 0 Å². The number of hydrogen-bond acceptors (Lipinski definition) is 3. The van der Waals surface area contributed by atoms with Crippen LogP contribution in [0.5, 0.6) is 0 Å². The maximum absolute atomic E-state index is 13.6. The summed E-state index contributed by atoms with van der Waals surface area (Å²) in [4.78, 5) is 0. The van der Waals surface area contributed by atoms with Crippen LogP contribution >= 0.6 is 12.2 Å². The molecule has 0 radical (unpaired) electrons. The van der Waals surface area contributed by atoms with Gasteiger partial charge in [-0.1, -0.05) is 0 Å². The zero-order valence-corrected chi connectivity index (χ0v) is 9.66. The van der Waals surface area contributed by atoms with E-state index in [1.807, 2.05) is 0 Å². The van der Waals surface area contributed by atoms with Gasteiger partial charge < -0.3 is 5.11 Å². The van der Waals surface area contributed by atoms with Gasteiger partial charge in [0, 0.05) is 0 Å². The quantitative estimate of drug-likeness (QED) is 0.386. The predicted octanol–water partition coefficient (Wildman–Crippen LogP) is 2.12. The van der Waals surface area contributed by atoms with Gasteiger partial charge in [0.15, 0.2) is 33.9 Å². The summed E-state index contributed by atoms with van der Waals surface area (Å²) in [6.07, 6.45) is 0. The second-order valence-corrected chi connectivity index (χ2v) is 3.74. The van der Waals surface area contributed by atoms with Crippen LogP contribution in [0.25, 0.3) is 5.69 Å². The second kappa shape index (κ2) is 4.70. The highest BCUT2D eigenvalue weighted by Gasteiger charge is 2.28. The lowest BCUT2D eigenvalue weighted by Gasteiger charge is -2.10. The van der Waals surface area contributed by atoms with Crippen LogP contribution in [0.2, 0.25) is 0 Å². The van der Waals surface area contributed by atoms with Crippen LogP contribution in [0.4, 0.5) is 22.0 Å². The van der Waals surface area contributed by atoms with E-state index in [2.05, 4.69) is 22.4 Å². The van der Waals surface area contributed by atoms with Crippen molar-refractivity contribution in [3.05, 3.63) is 39.7 Å². The minimum absolute atomic E-state index is 0.395. The van der Waals surface area contributed by atoms with Crippen molar-refractivity contribution in [3.8, 4) is 5.69 Å². The Morgan fingerprint density at radius 2 is 1.47 bits per heavy atom. The van der Waals surface area contributed by atoms with Crippen molar-refractivity contribution < 1.29 is 27.1 Å². The number of aromatic nitrogens is 3. The molecule has 0 fully saturated rings.